The molecule has 0 bridgehead atoms. The summed E-state index contributed by atoms with van der Waals surface area (Å²) in [6.45, 7) is 3.64. The first-order valence-corrected chi connectivity index (χ1v) is 9.89. The number of ketones is 1. The molecule has 1 aromatic heterocycles. The average Bonchev–Trinajstić information content (AvgIpc) is 3.36. The van der Waals surface area contributed by atoms with Gasteiger partial charge in [-0.25, -0.2) is 4.68 Å². The van der Waals surface area contributed by atoms with E-state index in [-0.39, 0.29) is 30.5 Å². The Labute approximate surface area is 173 Å². The molecule has 0 aromatic carbocycles. The van der Waals surface area contributed by atoms with Crippen LogP contribution in [-0.2, 0) is 27.4 Å². The second-order valence-corrected chi connectivity index (χ2v) is 7.73. The Morgan fingerprint density at radius 1 is 1.27 bits per heavy atom. The summed E-state index contributed by atoms with van der Waals surface area (Å²) in [6, 6.07) is 0. The molecule has 3 rings (SSSR count). The van der Waals surface area contributed by atoms with Crippen molar-refractivity contribution in [1.82, 2.24) is 15.0 Å². The van der Waals surface area contributed by atoms with Crippen molar-refractivity contribution in [3.63, 3.8) is 0 Å². The molecule has 4 N–H and O–H groups in total. The molecule has 2 aliphatic heterocycles. The van der Waals surface area contributed by atoms with Gasteiger partial charge in [0.05, 0.1) is 31.6 Å². The summed E-state index contributed by atoms with van der Waals surface area (Å²) in [4.78, 5) is 16.8. The minimum absolute atomic E-state index is 0.0165. The molecule has 2 aliphatic rings. The van der Waals surface area contributed by atoms with Gasteiger partial charge in [0, 0.05) is 18.6 Å². The minimum atomic E-state index is -1.43. The molecule has 1 fully saturated rings. The Kier molecular flexibility index (Phi) is 7.45. The molecule has 1 saturated heterocycles. The van der Waals surface area contributed by atoms with Gasteiger partial charge in [-0.15, -0.1) is 5.10 Å². The molecule has 30 heavy (non-hydrogen) atoms. The fraction of sp³-hybridized carbons (Fsp3) is 0.684. The highest BCUT2D eigenvalue weighted by atomic mass is 16.5. The number of ether oxygens (including phenoxy) is 2. The van der Waals surface area contributed by atoms with Crippen LogP contribution in [0.5, 0.6) is 0 Å². The molecule has 1 aromatic rings. The van der Waals surface area contributed by atoms with E-state index in [1.807, 2.05) is 13.8 Å². The molecule has 0 radical (unpaired) electrons. The van der Waals surface area contributed by atoms with E-state index in [0.717, 1.165) is 0 Å². The molecule has 11 nitrogen and oxygen atoms in total. The topological polar surface area (TPSA) is 160 Å². The lowest BCUT2D eigenvalue weighted by Crippen LogP contribution is -2.58. The summed E-state index contributed by atoms with van der Waals surface area (Å²) < 4.78 is 12.4. The van der Waals surface area contributed by atoms with Gasteiger partial charge >= 0.3 is 0 Å². The van der Waals surface area contributed by atoms with Gasteiger partial charge < -0.3 is 29.9 Å². The van der Waals surface area contributed by atoms with Crippen LogP contribution in [0.3, 0.4) is 0 Å². The lowest BCUT2D eigenvalue weighted by molar-refractivity contribution is -0.227. The molecule has 5 atom stereocenters. The molecule has 0 spiro atoms. The molecule has 11 heteroatoms. The fourth-order valence-corrected chi connectivity index (χ4v) is 3.32. The first kappa shape index (κ1) is 22.7. The Morgan fingerprint density at radius 3 is 2.70 bits per heavy atom. The maximum atomic E-state index is 12.5. The smallest absolute Gasteiger partial charge is 0.202 e. The van der Waals surface area contributed by atoms with E-state index in [9.17, 15) is 25.2 Å². The zero-order valence-corrected chi connectivity index (χ0v) is 17.0. The number of rotatable bonds is 9. The second-order valence-electron chi connectivity index (χ2n) is 7.73. The molecule has 0 aliphatic carbocycles. The SMILES string of the molecule is CC(C)OCc1cn(CC(=O)C2=CCC(CC3OC(CO)C(O)C(O)C3O)=N2)nn1. The van der Waals surface area contributed by atoms with Crippen molar-refractivity contribution in [2.45, 2.75) is 76.5 Å². The highest BCUT2D eigenvalue weighted by Crippen LogP contribution is 2.26. The summed E-state index contributed by atoms with van der Waals surface area (Å²) in [5, 5.41) is 47.1. The molecular formula is C19H28N4O7. The van der Waals surface area contributed by atoms with E-state index in [1.165, 1.54) is 4.68 Å². The van der Waals surface area contributed by atoms with Crippen LogP contribution in [0.15, 0.2) is 23.0 Å². The van der Waals surface area contributed by atoms with Gasteiger partial charge in [-0.1, -0.05) is 5.21 Å². The third kappa shape index (κ3) is 5.36. The predicted molar refractivity (Wildman–Crippen MR) is 103 cm³/mol. The number of hydrogen-bond donors (Lipinski definition) is 4. The lowest BCUT2D eigenvalue weighted by atomic mass is 9.92. The summed E-state index contributed by atoms with van der Waals surface area (Å²) in [5.41, 5.74) is 1.51. The van der Waals surface area contributed by atoms with E-state index in [0.29, 0.717) is 24.4 Å². The predicted octanol–water partition coefficient (Wildman–Crippen LogP) is -1.27. The lowest BCUT2D eigenvalue weighted by Gasteiger charge is -2.40. The number of carbonyl (C=O) groups is 1. The number of allylic oxidation sites excluding steroid dienone is 2. The molecule has 5 unspecified atom stereocenters. The summed E-state index contributed by atoms with van der Waals surface area (Å²) in [7, 11) is 0. The second kappa shape index (κ2) is 9.86. The van der Waals surface area contributed by atoms with Crippen molar-refractivity contribution in [3.05, 3.63) is 23.7 Å². The number of aliphatic imine (C=N–C) groups is 1. The van der Waals surface area contributed by atoms with Crippen LogP contribution in [0.25, 0.3) is 0 Å². The zero-order valence-electron chi connectivity index (χ0n) is 17.0. The first-order chi connectivity index (χ1) is 14.3. The third-order valence-corrected chi connectivity index (χ3v) is 4.98. The number of carbonyl (C=O) groups excluding carboxylic acids is 1. The summed E-state index contributed by atoms with van der Waals surface area (Å²) in [5.74, 6) is -0.236. The van der Waals surface area contributed by atoms with Gasteiger partial charge in [0.2, 0.25) is 5.78 Å². The molecule has 0 saturated carbocycles. The van der Waals surface area contributed by atoms with E-state index in [4.69, 9.17) is 9.47 Å². The Hall–Kier alpha value is -2.02. The van der Waals surface area contributed by atoms with Gasteiger partial charge in [0.25, 0.3) is 0 Å². The molecular weight excluding hydrogens is 396 g/mol. The van der Waals surface area contributed by atoms with Crippen molar-refractivity contribution in [2.24, 2.45) is 4.99 Å². The van der Waals surface area contributed by atoms with Crippen LogP contribution in [0.1, 0.15) is 32.4 Å². The van der Waals surface area contributed by atoms with E-state index < -0.39 is 37.1 Å². The van der Waals surface area contributed by atoms with Crippen LogP contribution < -0.4 is 0 Å². The van der Waals surface area contributed by atoms with E-state index in [2.05, 4.69) is 15.3 Å². The van der Waals surface area contributed by atoms with Crippen molar-refractivity contribution in [1.29, 1.82) is 0 Å². The van der Waals surface area contributed by atoms with E-state index in [1.54, 1.807) is 12.3 Å². The van der Waals surface area contributed by atoms with Crippen LogP contribution in [0, 0.1) is 0 Å². The number of nitrogens with zero attached hydrogens (tertiary/aromatic N) is 4. The Morgan fingerprint density at radius 2 is 2.00 bits per heavy atom. The number of aliphatic hydroxyl groups excluding tert-OH is 4. The third-order valence-electron chi connectivity index (χ3n) is 4.98. The Balaban J connectivity index is 1.55. The van der Waals surface area contributed by atoms with Crippen molar-refractivity contribution in [3.8, 4) is 0 Å². The quantitative estimate of drug-likeness (QED) is 0.379. The Bertz CT molecular complexity index is 805. The highest BCUT2D eigenvalue weighted by Gasteiger charge is 2.43. The molecule has 3 heterocycles. The average molecular weight is 424 g/mol. The molecule has 166 valence electrons. The largest absolute Gasteiger partial charge is 0.394 e. The first-order valence-electron chi connectivity index (χ1n) is 9.89. The van der Waals surface area contributed by atoms with Crippen LogP contribution in [0.4, 0.5) is 0 Å². The number of aromatic nitrogens is 3. The van der Waals surface area contributed by atoms with Gasteiger partial charge in [-0.05, 0) is 19.9 Å². The van der Waals surface area contributed by atoms with Gasteiger partial charge in [-0.3, -0.25) is 9.79 Å². The molecule has 0 amide bonds. The maximum Gasteiger partial charge on any atom is 0.202 e. The van der Waals surface area contributed by atoms with E-state index >= 15 is 0 Å². The number of aliphatic hydroxyl groups is 4. The van der Waals surface area contributed by atoms with Crippen molar-refractivity contribution >= 4 is 11.5 Å². The van der Waals surface area contributed by atoms with Crippen molar-refractivity contribution in [2.75, 3.05) is 6.61 Å². The standard InChI is InChI=1S/C19H28N4O7/c1-10(2)29-9-12-6-23(22-21-12)7-14(25)13-4-3-11(20-13)5-15-17(26)19(28)18(27)16(8-24)30-15/h4,6,10,15-19,24,26-28H,3,5,7-9H2,1-2H3. The summed E-state index contributed by atoms with van der Waals surface area (Å²) in [6.07, 6.45) is -2.01. The normalized spacial score (nSPS) is 29.2. The fourth-order valence-electron chi connectivity index (χ4n) is 3.32. The van der Waals surface area contributed by atoms with Crippen LogP contribution in [-0.4, -0.2) is 90.1 Å². The minimum Gasteiger partial charge on any atom is -0.394 e. The van der Waals surface area contributed by atoms with Crippen LogP contribution in [0.2, 0.25) is 0 Å². The monoisotopic (exact) mass is 424 g/mol. The highest BCUT2D eigenvalue weighted by molar-refractivity contribution is 6.02. The number of hydrogen-bond acceptors (Lipinski definition) is 10. The van der Waals surface area contributed by atoms with Crippen LogP contribution >= 0.6 is 0 Å². The zero-order chi connectivity index (χ0) is 21.8. The van der Waals surface area contributed by atoms with Gasteiger partial charge in [0.1, 0.15) is 42.4 Å². The number of Topliss-reactive ketones (excluding diaryl/α,β-unsaturated/α-hetero) is 1. The summed E-state index contributed by atoms with van der Waals surface area (Å²) >= 11 is 0. The van der Waals surface area contributed by atoms with Gasteiger partial charge in [0.15, 0.2) is 0 Å². The van der Waals surface area contributed by atoms with Gasteiger partial charge in [-0.2, -0.15) is 0 Å². The maximum absolute atomic E-state index is 12.5. The van der Waals surface area contributed by atoms with Crippen molar-refractivity contribution < 1.29 is 34.7 Å².